The van der Waals surface area contributed by atoms with Crippen molar-refractivity contribution < 1.29 is 4.74 Å². The molecule has 1 aliphatic rings. The van der Waals surface area contributed by atoms with Crippen molar-refractivity contribution in [2.45, 2.75) is 38.8 Å². The Bertz CT molecular complexity index is 212. The lowest BCUT2D eigenvalue weighted by Crippen LogP contribution is -2.48. The quantitative estimate of drug-likeness (QED) is 0.716. The molecule has 0 aliphatic carbocycles. The zero-order valence-corrected chi connectivity index (χ0v) is 10.2. The minimum atomic E-state index is 0.404. The summed E-state index contributed by atoms with van der Waals surface area (Å²) in [7, 11) is 1.80. The van der Waals surface area contributed by atoms with E-state index in [1.165, 1.54) is 5.57 Å². The first kappa shape index (κ1) is 12.7. The van der Waals surface area contributed by atoms with Gasteiger partial charge in [-0.05, 0) is 26.7 Å². The maximum atomic E-state index is 5.80. The molecule has 88 valence electrons. The first-order chi connectivity index (χ1) is 7.17. The van der Waals surface area contributed by atoms with Crippen LogP contribution in [0.4, 0.5) is 0 Å². The highest BCUT2D eigenvalue weighted by Gasteiger charge is 2.26. The molecule has 0 radical (unpaired) electrons. The standard InChI is InChI=1S/C12H24N2O/c1-10(2)4-6-14-7-5-12(15-3)8-11(14)9-13/h4,11-12H,5-9,13H2,1-3H3. The second-order valence-corrected chi connectivity index (χ2v) is 4.55. The number of ether oxygens (including phenoxy) is 1. The highest BCUT2D eigenvalue weighted by Crippen LogP contribution is 2.18. The van der Waals surface area contributed by atoms with Crippen LogP contribution in [0.3, 0.4) is 0 Å². The van der Waals surface area contributed by atoms with E-state index in [0.717, 1.165) is 32.5 Å². The summed E-state index contributed by atoms with van der Waals surface area (Å²) in [6, 6.07) is 0.485. The van der Waals surface area contributed by atoms with Crippen molar-refractivity contribution in [3.63, 3.8) is 0 Å². The molecule has 1 saturated heterocycles. The molecule has 2 N–H and O–H groups in total. The molecule has 0 bridgehead atoms. The van der Waals surface area contributed by atoms with Crippen molar-refractivity contribution >= 4 is 0 Å². The first-order valence-electron chi connectivity index (χ1n) is 5.77. The number of allylic oxidation sites excluding steroid dienone is 1. The van der Waals surface area contributed by atoms with Crippen LogP contribution >= 0.6 is 0 Å². The number of methoxy groups -OCH3 is 1. The summed E-state index contributed by atoms with van der Waals surface area (Å²) in [4.78, 5) is 2.46. The minimum Gasteiger partial charge on any atom is -0.381 e. The van der Waals surface area contributed by atoms with E-state index in [2.05, 4.69) is 24.8 Å². The molecule has 1 heterocycles. The molecule has 1 rings (SSSR count). The zero-order chi connectivity index (χ0) is 11.3. The van der Waals surface area contributed by atoms with Crippen molar-refractivity contribution in [3.05, 3.63) is 11.6 Å². The molecule has 0 saturated carbocycles. The van der Waals surface area contributed by atoms with Gasteiger partial charge in [0.1, 0.15) is 0 Å². The summed E-state index contributed by atoms with van der Waals surface area (Å²) in [5, 5.41) is 0. The van der Waals surface area contributed by atoms with Crippen molar-refractivity contribution in [1.29, 1.82) is 0 Å². The molecule has 15 heavy (non-hydrogen) atoms. The van der Waals surface area contributed by atoms with Gasteiger partial charge in [-0.1, -0.05) is 11.6 Å². The molecular weight excluding hydrogens is 188 g/mol. The van der Waals surface area contributed by atoms with Gasteiger partial charge in [0.25, 0.3) is 0 Å². The molecule has 2 atom stereocenters. The lowest BCUT2D eigenvalue weighted by molar-refractivity contribution is 0.0176. The third-order valence-electron chi connectivity index (χ3n) is 3.13. The van der Waals surface area contributed by atoms with Gasteiger partial charge in [0, 0.05) is 32.8 Å². The predicted octanol–water partition coefficient (Wildman–Crippen LogP) is 1.39. The van der Waals surface area contributed by atoms with E-state index < -0.39 is 0 Å². The SMILES string of the molecule is COC1CCN(CC=C(C)C)C(CN)C1. The second kappa shape index (κ2) is 6.26. The Morgan fingerprint density at radius 1 is 1.53 bits per heavy atom. The van der Waals surface area contributed by atoms with Crippen LogP contribution in [0, 0.1) is 0 Å². The topological polar surface area (TPSA) is 38.5 Å². The van der Waals surface area contributed by atoms with E-state index in [-0.39, 0.29) is 0 Å². The number of likely N-dealkylation sites (tertiary alicyclic amines) is 1. The van der Waals surface area contributed by atoms with Crippen molar-refractivity contribution in [2.75, 3.05) is 26.7 Å². The molecule has 3 nitrogen and oxygen atoms in total. The third kappa shape index (κ3) is 3.93. The molecule has 0 aromatic carbocycles. The van der Waals surface area contributed by atoms with E-state index in [1.807, 2.05) is 0 Å². The minimum absolute atomic E-state index is 0.404. The van der Waals surface area contributed by atoms with E-state index >= 15 is 0 Å². The van der Waals surface area contributed by atoms with Crippen LogP contribution in [0.25, 0.3) is 0 Å². The van der Waals surface area contributed by atoms with E-state index in [1.54, 1.807) is 7.11 Å². The fraction of sp³-hybridized carbons (Fsp3) is 0.833. The highest BCUT2D eigenvalue weighted by molar-refractivity contribution is 4.97. The van der Waals surface area contributed by atoms with Gasteiger partial charge in [0.05, 0.1) is 6.10 Å². The van der Waals surface area contributed by atoms with Crippen LogP contribution in [0.1, 0.15) is 26.7 Å². The van der Waals surface area contributed by atoms with Gasteiger partial charge < -0.3 is 10.5 Å². The smallest absolute Gasteiger partial charge is 0.0599 e. The second-order valence-electron chi connectivity index (χ2n) is 4.55. The van der Waals surface area contributed by atoms with Gasteiger partial charge in [-0.15, -0.1) is 0 Å². The molecule has 1 fully saturated rings. The molecular formula is C12H24N2O. The predicted molar refractivity (Wildman–Crippen MR) is 63.9 cm³/mol. The van der Waals surface area contributed by atoms with Crippen molar-refractivity contribution in [3.8, 4) is 0 Å². The molecule has 1 aliphatic heterocycles. The number of hydrogen-bond acceptors (Lipinski definition) is 3. The van der Waals surface area contributed by atoms with Gasteiger partial charge in [0.2, 0.25) is 0 Å². The first-order valence-corrected chi connectivity index (χ1v) is 5.77. The lowest BCUT2D eigenvalue weighted by atomic mass is 9.99. The molecule has 0 amide bonds. The van der Waals surface area contributed by atoms with Gasteiger partial charge in [-0.2, -0.15) is 0 Å². The Morgan fingerprint density at radius 3 is 2.80 bits per heavy atom. The van der Waals surface area contributed by atoms with E-state index in [9.17, 15) is 0 Å². The fourth-order valence-corrected chi connectivity index (χ4v) is 2.06. The van der Waals surface area contributed by atoms with Crippen LogP contribution in [0.15, 0.2) is 11.6 Å². The summed E-state index contributed by atoms with van der Waals surface area (Å²) in [5.74, 6) is 0. The van der Waals surface area contributed by atoms with Crippen molar-refractivity contribution in [1.82, 2.24) is 4.90 Å². The Labute approximate surface area is 93.3 Å². The van der Waals surface area contributed by atoms with Gasteiger partial charge in [0.15, 0.2) is 0 Å². The summed E-state index contributed by atoms with van der Waals surface area (Å²) >= 11 is 0. The van der Waals surface area contributed by atoms with Gasteiger partial charge in [-0.3, -0.25) is 4.90 Å². The van der Waals surface area contributed by atoms with E-state index in [4.69, 9.17) is 10.5 Å². The van der Waals surface area contributed by atoms with Crippen LogP contribution in [-0.4, -0.2) is 43.8 Å². The molecule has 3 heteroatoms. The number of rotatable bonds is 4. The fourth-order valence-electron chi connectivity index (χ4n) is 2.06. The lowest BCUT2D eigenvalue weighted by Gasteiger charge is -2.37. The summed E-state index contributed by atoms with van der Waals surface area (Å²) in [6.07, 6.45) is 4.88. The number of nitrogens with zero attached hydrogens (tertiary/aromatic N) is 1. The van der Waals surface area contributed by atoms with Crippen LogP contribution in [0.5, 0.6) is 0 Å². The zero-order valence-electron chi connectivity index (χ0n) is 10.2. The average Bonchev–Trinajstić information content (AvgIpc) is 2.25. The Morgan fingerprint density at radius 2 is 2.27 bits per heavy atom. The van der Waals surface area contributed by atoms with Gasteiger partial charge in [-0.25, -0.2) is 0 Å². The van der Waals surface area contributed by atoms with Crippen LogP contribution in [0.2, 0.25) is 0 Å². The highest BCUT2D eigenvalue weighted by atomic mass is 16.5. The maximum Gasteiger partial charge on any atom is 0.0599 e. The van der Waals surface area contributed by atoms with Gasteiger partial charge >= 0.3 is 0 Å². The normalized spacial score (nSPS) is 27.7. The molecule has 2 unspecified atom stereocenters. The third-order valence-corrected chi connectivity index (χ3v) is 3.13. The maximum absolute atomic E-state index is 5.80. The number of piperidine rings is 1. The van der Waals surface area contributed by atoms with Crippen LogP contribution in [-0.2, 0) is 4.74 Å². The molecule has 0 aromatic rings. The average molecular weight is 212 g/mol. The molecule has 0 aromatic heterocycles. The van der Waals surface area contributed by atoms with E-state index in [0.29, 0.717) is 12.1 Å². The Hall–Kier alpha value is -0.380. The Balaban J connectivity index is 2.47. The number of hydrogen-bond donors (Lipinski definition) is 1. The Kier molecular flexibility index (Phi) is 5.29. The summed E-state index contributed by atoms with van der Waals surface area (Å²) < 4.78 is 5.40. The van der Waals surface area contributed by atoms with Crippen molar-refractivity contribution in [2.24, 2.45) is 5.73 Å². The largest absolute Gasteiger partial charge is 0.381 e. The molecule has 0 spiro atoms. The monoisotopic (exact) mass is 212 g/mol. The number of nitrogens with two attached hydrogens (primary N) is 1. The van der Waals surface area contributed by atoms with Crippen LogP contribution < -0.4 is 5.73 Å². The summed E-state index contributed by atoms with van der Waals surface area (Å²) in [6.45, 7) is 7.14. The summed E-state index contributed by atoms with van der Waals surface area (Å²) in [5.41, 5.74) is 7.17.